The minimum Gasteiger partial charge on any atom is -0.299 e. The van der Waals surface area contributed by atoms with Crippen molar-refractivity contribution < 1.29 is 4.79 Å². The third-order valence-corrected chi connectivity index (χ3v) is 4.04. The number of ketones is 1. The van der Waals surface area contributed by atoms with Gasteiger partial charge in [0.15, 0.2) is 0 Å². The van der Waals surface area contributed by atoms with Crippen LogP contribution in [0.5, 0.6) is 0 Å². The minimum atomic E-state index is 0.425. The second kappa shape index (κ2) is 3.82. The molecular weight excluding hydrogens is 168 g/mol. The van der Waals surface area contributed by atoms with Gasteiger partial charge in [-0.1, -0.05) is 12.8 Å². The van der Waals surface area contributed by atoms with Crippen LogP contribution in [0.15, 0.2) is 0 Å². The highest BCUT2D eigenvalue weighted by Crippen LogP contribution is 2.34. The predicted molar refractivity (Wildman–Crippen MR) is 52.4 cm³/mol. The lowest BCUT2D eigenvalue weighted by molar-refractivity contribution is -0.122. The third-order valence-electron chi connectivity index (χ3n) is 2.88. The molecule has 2 fully saturated rings. The fourth-order valence-corrected chi connectivity index (χ4v) is 3.00. The molecule has 1 saturated heterocycles. The van der Waals surface area contributed by atoms with E-state index in [0.29, 0.717) is 11.7 Å². The second-order valence-corrected chi connectivity index (χ2v) is 5.16. The van der Waals surface area contributed by atoms with Crippen LogP contribution in [0, 0.1) is 11.8 Å². The number of hydrogen-bond acceptors (Lipinski definition) is 2. The summed E-state index contributed by atoms with van der Waals surface area (Å²) in [5.74, 6) is 4.20. The molecule has 0 aromatic carbocycles. The van der Waals surface area contributed by atoms with Gasteiger partial charge in [-0.05, 0) is 24.5 Å². The molecule has 1 aliphatic heterocycles. The van der Waals surface area contributed by atoms with Crippen molar-refractivity contribution in [2.24, 2.45) is 11.8 Å². The van der Waals surface area contributed by atoms with Crippen LogP contribution in [-0.4, -0.2) is 17.3 Å². The Kier molecular flexibility index (Phi) is 2.74. The summed E-state index contributed by atoms with van der Waals surface area (Å²) >= 11 is 1.94. The van der Waals surface area contributed by atoms with Gasteiger partial charge in [-0.3, -0.25) is 4.79 Å². The maximum atomic E-state index is 11.6. The Bertz CT molecular complexity index is 169. The van der Waals surface area contributed by atoms with Crippen molar-refractivity contribution in [2.45, 2.75) is 32.1 Å². The normalized spacial score (nSPS) is 29.2. The first-order valence-corrected chi connectivity index (χ1v) is 6.12. The van der Waals surface area contributed by atoms with Crippen molar-refractivity contribution in [3.05, 3.63) is 0 Å². The van der Waals surface area contributed by atoms with Crippen LogP contribution < -0.4 is 0 Å². The molecule has 1 nitrogen and oxygen atoms in total. The van der Waals surface area contributed by atoms with Crippen molar-refractivity contribution in [3.63, 3.8) is 0 Å². The van der Waals surface area contributed by atoms with E-state index in [1.165, 1.54) is 25.0 Å². The molecule has 68 valence electrons. The van der Waals surface area contributed by atoms with E-state index in [1.54, 1.807) is 0 Å². The molecule has 1 saturated carbocycles. The van der Waals surface area contributed by atoms with Gasteiger partial charge in [-0.25, -0.2) is 0 Å². The number of Topliss-reactive ketones (excluding diaryl/α,β-unsaturated/α-hetero) is 1. The summed E-state index contributed by atoms with van der Waals surface area (Å²) in [6, 6.07) is 0. The van der Waals surface area contributed by atoms with Gasteiger partial charge in [0.25, 0.3) is 0 Å². The van der Waals surface area contributed by atoms with E-state index < -0.39 is 0 Å². The molecule has 2 aliphatic rings. The summed E-state index contributed by atoms with van der Waals surface area (Å²) in [6.07, 6.45) is 5.96. The third kappa shape index (κ3) is 2.25. The monoisotopic (exact) mass is 184 g/mol. The van der Waals surface area contributed by atoms with Crippen LogP contribution in [0.4, 0.5) is 0 Å². The number of carbonyl (C=O) groups is 1. The number of hydrogen-bond donors (Lipinski definition) is 0. The molecule has 1 unspecified atom stereocenters. The highest BCUT2D eigenvalue weighted by Gasteiger charge is 2.26. The Labute approximate surface area is 78.3 Å². The van der Waals surface area contributed by atoms with Crippen LogP contribution >= 0.6 is 11.8 Å². The molecule has 2 rings (SSSR count). The van der Waals surface area contributed by atoms with Crippen LogP contribution in [-0.2, 0) is 4.79 Å². The molecule has 0 amide bonds. The minimum absolute atomic E-state index is 0.425. The molecule has 1 heterocycles. The van der Waals surface area contributed by atoms with Crippen LogP contribution in [0.2, 0.25) is 0 Å². The van der Waals surface area contributed by atoms with Gasteiger partial charge in [-0.2, -0.15) is 11.8 Å². The van der Waals surface area contributed by atoms with Gasteiger partial charge in [-0.15, -0.1) is 0 Å². The van der Waals surface area contributed by atoms with Crippen LogP contribution in [0.1, 0.15) is 32.1 Å². The van der Waals surface area contributed by atoms with E-state index in [2.05, 4.69) is 0 Å². The molecule has 12 heavy (non-hydrogen) atoms. The Morgan fingerprint density at radius 2 is 2.17 bits per heavy atom. The lowest BCUT2D eigenvalue weighted by Gasteiger charge is -2.05. The molecule has 0 N–H and O–H groups in total. The van der Waals surface area contributed by atoms with Gasteiger partial charge in [0.2, 0.25) is 0 Å². The van der Waals surface area contributed by atoms with E-state index >= 15 is 0 Å². The highest BCUT2D eigenvalue weighted by molar-refractivity contribution is 7.99. The quantitative estimate of drug-likeness (QED) is 0.667. The lowest BCUT2D eigenvalue weighted by Crippen LogP contribution is -2.13. The maximum absolute atomic E-state index is 11.6. The van der Waals surface area contributed by atoms with E-state index in [0.717, 1.165) is 24.5 Å². The Morgan fingerprint density at radius 3 is 2.75 bits per heavy atom. The SMILES string of the molecule is O=C(CCC1CC1)C1CCSC1. The summed E-state index contributed by atoms with van der Waals surface area (Å²) in [7, 11) is 0. The van der Waals surface area contributed by atoms with Crippen molar-refractivity contribution in [2.75, 3.05) is 11.5 Å². The van der Waals surface area contributed by atoms with Gasteiger partial charge in [0, 0.05) is 18.1 Å². The van der Waals surface area contributed by atoms with Crippen LogP contribution in [0.3, 0.4) is 0 Å². The smallest absolute Gasteiger partial charge is 0.136 e. The van der Waals surface area contributed by atoms with E-state index in [9.17, 15) is 4.79 Å². The van der Waals surface area contributed by atoms with E-state index in [1.807, 2.05) is 11.8 Å². The molecule has 0 aromatic heterocycles. The van der Waals surface area contributed by atoms with Gasteiger partial charge >= 0.3 is 0 Å². The first-order chi connectivity index (χ1) is 5.86. The summed E-state index contributed by atoms with van der Waals surface area (Å²) in [5, 5.41) is 0. The standard InChI is InChI=1S/C10H16OS/c11-10(4-3-8-1-2-8)9-5-6-12-7-9/h8-9H,1-7H2. The Morgan fingerprint density at radius 1 is 1.33 bits per heavy atom. The summed E-state index contributed by atoms with van der Waals surface area (Å²) in [5.41, 5.74) is 0. The number of carbonyl (C=O) groups excluding carboxylic acids is 1. The van der Waals surface area contributed by atoms with Crippen molar-refractivity contribution >= 4 is 17.5 Å². The highest BCUT2D eigenvalue weighted by atomic mass is 32.2. The molecule has 0 bridgehead atoms. The van der Waals surface area contributed by atoms with Crippen molar-refractivity contribution in [3.8, 4) is 0 Å². The Balaban J connectivity index is 1.67. The van der Waals surface area contributed by atoms with Crippen molar-refractivity contribution in [1.82, 2.24) is 0 Å². The zero-order valence-electron chi connectivity index (χ0n) is 7.42. The summed E-state index contributed by atoms with van der Waals surface area (Å²) in [6.45, 7) is 0. The first-order valence-electron chi connectivity index (χ1n) is 4.96. The topological polar surface area (TPSA) is 17.1 Å². The van der Waals surface area contributed by atoms with Crippen LogP contribution in [0.25, 0.3) is 0 Å². The number of thioether (sulfide) groups is 1. The lowest BCUT2D eigenvalue weighted by atomic mass is 9.99. The average molecular weight is 184 g/mol. The average Bonchev–Trinajstić information content (AvgIpc) is 2.74. The molecule has 0 spiro atoms. The first kappa shape index (κ1) is 8.61. The number of rotatable bonds is 4. The molecule has 1 aliphatic carbocycles. The zero-order valence-corrected chi connectivity index (χ0v) is 8.24. The summed E-state index contributed by atoms with van der Waals surface area (Å²) < 4.78 is 0. The fraction of sp³-hybridized carbons (Fsp3) is 0.900. The van der Waals surface area contributed by atoms with E-state index in [-0.39, 0.29) is 0 Å². The van der Waals surface area contributed by atoms with Gasteiger partial charge < -0.3 is 0 Å². The largest absolute Gasteiger partial charge is 0.299 e. The molecule has 2 heteroatoms. The molecule has 1 atom stereocenters. The predicted octanol–water partition coefficient (Wildman–Crippen LogP) is 2.50. The second-order valence-electron chi connectivity index (χ2n) is 4.01. The van der Waals surface area contributed by atoms with E-state index in [4.69, 9.17) is 0 Å². The zero-order chi connectivity index (χ0) is 8.39. The maximum Gasteiger partial charge on any atom is 0.136 e. The molecular formula is C10H16OS. The Hall–Kier alpha value is 0.0200. The molecule has 0 radical (unpaired) electrons. The van der Waals surface area contributed by atoms with Gasteiger partial charge in [0.1, 0.15) is 5.78 Å². The van der Waals surface area contributed by atoms with Crippen molar-refractivity contribution in [1.29, 1.82) is 0 Å². The molecule has 0 aromatic rings. The fourth-order valence-electron chi connectivity index (χ4n) is 1.75. The summed E-state index contributed by atoms with van der Waals surface area (Å²) in [4.78, 5) is 11.6. The van der Waals surface area contributed by atoms with Gasteiger partial charge in [0.05, 0.1) is 0 Å².